The molecule has 0 saturated heterocycles. The van der Waals surface area contributed by atoms with Gasteiger partial charge in [-0.3, -0.25) is 0 Å². The maximum atomic E-state index is 9.34. The minimum Gasteiger partial charge on any atom is -0.496 e. The third-order valence-electron chi connectivity index (χ3n) is 3.35. The molecule has 0 unspecified atom stereocenters. The Bertz CT molecular complexity index is 664. The zero-order valence-electron chi connectivity index (χ0n) is 12.1. The number of benzene rings is 2. The number of halogens is 1. The molecule has 3 nitrogen and oxygen atoms in total. The van der Waals surface area contributed by atoms with Crippen molar-refractivity contribution in [2.75, 3.05) is 19.1 Å². The lowest BCUT2D eigenvalue weighted by atomic mass is 10.1. The fourth-order valence-corrected chi connectivity index (χ4v) is 2.61. The van der Waals surface area contributed by atoms with E-state index in [1.165, 1.54) is 0 Å². The summed E-state index contributed by atoms with van der Waals surface area (Å²) in [6.45, 7) is 0.687. The molecule has 0 N–H and O–H groups in total. The van der Waals surface area contributed by atoms with Gasteiger partial charge in [0.1, 0.15) is 11.8 Å². The third kappa shape index (κ3) is 3.56. The average Bonchev–Trinajstić information content (AvgIpc) is 2.54. The first kappa shape index (κ1) is 15.4. The van der Waals surface area contributed by atoms with Crippen molar-refractivity contribution in [2.24, 2.45) is 0 Å². The summed E-state index contributed by atoms with van der Waals surface area (Å²) in [5, 5.41) is 10.1. The first-order valence-electron chi connectivity index (χ1n) is 6.61. The number of alkyl halides is 1. The number of hydrogen-bond donors (Lipinski definition) is 0. The molecule has 0 radical (unpaired) electrons. The number of para-hydroxylation sites is 1. The van der Waals surface area contributed by atoms with Crippen LogP contribution in [0, 0.1) is 11.3 Å². The summed E-state index contributed by atoms with van der Waals surface area (Å²) in [6, 6.07) is 16.1. The van der Waals surface area contributed by atoms with Gasteiger partial charge in [0, 0.05) is 24.5 Å². The fourth-order valence-electron chi connectivity index (χ4n) is 2.26. The molecule has 0 saturated carbocycles. The Morgan fingerprint density at radius 3 is 2.67 bits per heavy atom. The van der Waals surface area contributed by atoms with Crippen LogP contribution in [0.3, 0.4) is 0 Å². The molecular weight excluding hydrogens is 328 g/mol. The monoisotopic (exact) mass is 344 g/mol. The Balaban J connectivity index is 2.28. The second kappa shape index (κ2) is 7.14. The van der Waals surface area contributed by atoms with Gasteiger partial charge >= 0.3 is 0 Å². The van der Waals surface area contributed by atoms with Crippen LogP contribution in [0.1, 0.15) is 16.7 Å². The van der Waals surface area contributed by atoms with E-state index in [2.05, 4.69) is 26.9 Å². The van der Waals surface area contributed by atoms with Crippen LogP contribution in [0.2, 0.25) is 0 Å². The zero-order valence-corrected chi connectivity index (χ0v) is 13.7. The van der Waals surface area contributed by atoms with E-state index in [-0.39, 0.29) is 0 Å². The van der Waals surface area contributed by atoms with Gasteiger partial charge in [0.2, 0.25) is 0 Å². The molecule has 0 fully saturated rings. The fraction of sp³-hybridized carbons (Fsp3) is 0.235. The Kier molecular flexibility index (Phi) is 5.24. The van der Waals surface area contributed by atoms with Crippen molar-refractivity contribution in [3.05, 3.63) is 59.2 Å². The summed E-state index contributed by atoms with van der Waals surface area (Å²) >= 11 is 3.42. The van der Waals surface area contributed by atoms with Crippen molar-refractivity contribution in [2.45, 2.75) is 11.9 Å². The summed E-state index contributed by atoms with van der Waals surface area (Å²) < 4.78 is 5.38. The molecule has 2 aromatic rings. The van der Waals surface area contributed by atoms with Gasteiger partial charge < -0.3 is 9.64 Å². The number of nitrogens with zero attached hydrogens (tertiary/aromatic N) is 2. The number of ether oxygens (including phenoxy) is 1. The largest absolute Gasteiger partial charge is 0.496 e. The van der Waals surface area contributed by atoms with Crippen LogP contribution in [-0.2, 0) is 11.9 Å². The van der Waals surface area contributed by atoms with E-state index in [0.29, 0.717) is 12.1 Å². The molecule has 0 aliphatic carbocycles. The molecule has 0 aliphatic heterocycles. The Labute approximate surface area is 133 Å². The molecule has 21 heavy (non-hydrogen) atoms. The first-order valence-corrected chi connectivity index (χ1v) is 7.73. The van der Waals surface area contributed by atoms with Crippen molar-refractivity contribution in [3.8, 4) is 11.8 Å². The summed E-state index contributed by atoms with van der Waals surface area (Å²) in [5.41, 5.74) is 3.80. The van der Waals surface area contributed by atoms with Gasteiger partial charge in [-0.1, -0.05) is 40.2 Å². The maximum Gasteiger partial charge on any atom is 0.123 e. The number of methoxy groups -OCH3 is 1. The van der Waals surface area contributed by atoms with Crippen LogP contribution in [-0.4, -0.2) is 14.2 Å². The van der Waals surface area contributed by atoms with Crippen LogP contribution >= 0.6 is 15.9 Å². The van der Waals surface area contributed by atoms with Crippen LogP contribution in [0.25, 0.3) is 0 Å². The zero-order chi connectivity index (χ0) is 15.2. The van der Waals surface area contributed by atoms with Gasteiger partial charge in [0.15, 0.2) is 0 Å². The number of nitriles is 1. The summed E-state index contributed by atoms with van der Waals surface area (Å²) in [5.74, 6) is 0.861. The van der Waals surface area contributed by atoms with Crippen LogP contribution in [0.15, 0.2) is 42.5 Å². The molecule has 0 spiro atoms. The Morgan fingerprint density at radius 2 is 2.00 bits per heavy atom. The molecule has 0 amide bonds. The van der Waals surface area contributed by atoms with E-state index in [1.807, 2.05) is 49.5 Å². The summed E-state index contributed by atoms with van der Waals surface area (Å²) in [6.07, 6.45) is 0. The third-order valence-corrected chi connectivity index (χ3v) is 3.99. The molecular formula is C17H17BrN2O. The molecule has 0 bridgehead atoms. The Morgan fingerprint density at radius 1 is 1.24 bits per heavy atom. The highest BCUT2D eigenvalue weighted by Gasteiger charge is 2.11. The lowest BCUT2D eigenvalue weighted by Crippen LogP contribution is -2.18. The SMILES string of the molecule is COc1ccccc1CN(C)c1ccc(CBr)cc1C#N. The highest BCUT2D eigenvalue weighted by Crippen LogP contribution is 2.25. The van der Waals surface area contributed by atoms with E-state index < -0.39 is 0 Å². The van der Waals surface area contributed by atoms with E-state index in [0.717, 1.165) is 27.9 Å². The highest BCUT2D eigenvalue weighted by molar-refractivity contribution is 9.08. The van der Waals surface area contributed by atoms with E-state index in [4.69, 9.17) is 4.74 Å². The van der Waals surface area contributed by atoms with Gasteiger partial charge in [0.05, 0.1) is 18.4 Å². The van der Waals surface area contributed by atoms with Crippen molar-refractivity contribution >= 4 is 21.6 Å². The second-order valence-electron chi connectivity index (χ2n) is 4.76. The number of anilines is 1. The molecule has 0 atom stereocenters. The lowest BCUT2D eigenvalue weighted by Gasteiger charge is -2.22. The van der Waals surface area contributed by atoms with Crippen molar-refractivity contribution in [1.82, 2.24) is 0 Å². The van der Waals surface area contributed by atoms with Crippen molar-refractivity contribution < 1.29 is 4.74 Å². The van der Waals surface area contributed by atoms with Gasteiger partial charge in [-0.2, -0.15) is 5.26 Å². The topological polar surface area (TPSA) is 36.3 Å². The van der Waals surface area contributed by atoms with E-state index >= 15 is 0 Å². The second-order valence-corrected chi connectivity index (χ2v) is 5.33. The normalized spacial score (nSPS) is 10.0. The van der Waals surface area contributed by atoms with Gasteiger partial charge in [-0.15, -0.1) is 0 Å². The molecule has 4 heteroatoms. The first-order chi connectivity index (χ1) is 10.2. The molecule has 0 aromatic heterocycles. The molecule has 108 valence electrons. The quantitative estimate of drug-likeness (QED) is 0.766. The minimum atomic E-state index is 0.685. The van der Waals surface area contributed by atoms with Crippen molar-refractivity contribution in [3.63, 3.8) is 0 Å². The van der Waals surface area contributed by atoms with Crippen LogP contribution < -0.4 is 9.64 Å². The average molecular weight is 345 g/mol. The van der Waals surface area contributed by atoms with Gasteiger partial charge in [-0.05, 0) is 23.8 Å². The Hall–Kier alpha value is -1.99. The van der Waals surface area contributed by atoms with Crippen LogP contribution in [0.4, 0.5) is 5.69 Å². The number of rotatable bonds is 5. The summed E-state index contributed by atoms with van der Waals surface area (Å²) in [4.78, 5) is 2.06. The molecule has 0 heterocycles. The predicted octanol–water partition coefficient (Wildman–Crippen LogP) is 4.10. The van der Waals surface area contributed by atoms with Crippen LogP contribution in [0.5, 0.6) is 5.75 Å². The predicted molar refractivity (Wildman–Crippen MR) is 88.9 cm³/mol. The molecule has 2 rings (SSSR count). The standard InChI is InChI=1S/C17H17BrN2O/c1-20(12-14-5-3-4-6-17(14)21-2)16-8-7-13(10-18)9-15(16)11-19/h3-9H,10,12H2,1-2H3. The minimum absolute atomic E-state index is 0.685. The molecule has 0 aliphatic rings. The highest BCUT2D eigenvalue weighted by atomic mass is 79.9. The van der Waals surface area contributed by atoms with Gasteiger partial charge in [0.25, 0.3) is 0 Å². The van der Waals surface area contributed by atoms with Gasteiger partial charge in [-0.25, -0.2) is 0 Å². The summed E-state index contributed by atoms with van der Waals surface area (Å²) in [7, 11) is 3.65. The molecule has 2 aromatic carbocycles. The van der Waals surface area contributed by atoms with E-state index in [9.17, 15) is 5.26 Å². The van der Waals surface area contributed by atoms with E-state index in [1.54, 1.807) is 7.11 Å². The van der Waals surface area contributed by atoms with Crippen molar-refractivity contribution in [1.29, 1.82) is 5.26 Å². The number of hydrogen-bond acceptors (Lipinski definition) is 3. The smallest absolute Gasteiger partial charge is 0.123 e. The maximum absolute atomic E-state index is 9.34. The lowest BCUT2D eigenvalue weighted by molar-refractivity contribution is 0.409.